The molecule has 1 fully saturated rings. The van der Waals surface area contributed by atoms with Gasteiger partial charge in [0.15, 0.2) is 5.96 Å². The van der Waals surface area contributed by atoms with E-state index in [2.05, 4.69) is 22.5 Å². The second-order valence-electron chi connectivity index (χ2n) is 6.05. The predicted octanol–water partition coefficient (Wildman–Crippen LogP) is 2.63. The third-order valence-corrected chi connectivity index (χ3v) is 3.84. The Hall–Kier alpha value is -1.69. The smallest absolute Gasteiger partial charge is 0.191 e. The molecule has 0 aliphatic carbocycles. The van der Waals surface area contributed by atoms with Gasteiger partial charge in [-0.1, -0.05) is 0 Å². The highest BCUT2D eigenvalue weighted by Crippen LogP contribution is 2.24. The number of hydrogen-bond donors (Lipinski definition) is 2. The van der Waals surface area contributed by atoms with Gasteiger partial charge in [0, 0.05) is 25.8 Å². The lowest BCUT2D eigenvalue weighted by molar-refractivity contribution is 0.0283. The highest BCUT2D eigenvalue weighted by molar-refractivity contribution is 5.79. The Labute approximate surface area is 136 Å². The van der Waals surface area contributed by atoms with Crippen molar-refractivity contribution in [3.05, 3.63) is 35.4 Å². The van der Waals surface area contributed by atoms with Crippen LogP contribution in [-0.4, -0.2) is 37.8 Å². The molecule has 0 bridgehead atoms. The Morgan fingerprint density at radius 1 is 1.26 bits per heavy atom. The number of nitrogens with zero attached hydrogens (tertiary/aromatic N) is 1. The van der Waals surface area contributed by atoms with Crippen LogP contribution in [0.3, 0.4) is 0 Å². The molecule has 0 amide bonds. The lowest BCUT2D eigenvalue weighted by Gasteiger charge is -2.21. The summed E-state index contributed by atoms with van der Waals surface area (Å²) in [5.74, 6) is -0.403. The van der Waals surface area contributed by atoms with Gasteiger partial charge in [-0.15, -0.1) is 0 Å². The van der Waals surface area contributed by atoms with Crippen LogP contribution in [0, 0.1) is 11.6 Å². The maximum Gasteiger partial charge on any atom is 0.191 e. The van der Waals surface area contributed by atoms with Gasteiger partial charge in [0.2, 0.25) is 0 Å². The van der Waals surface area contributed by atoms with Gasteiger partial charge < -0.3 is 15.4 Å². The fraction of sp³-hybridized carbons (Fsp3) is 0.588. The van der Waals surface area contributed by atoms with Crippen molar-refractivity contribution < 1.29 is 13.5 Å². The van der Waals surface area contributed by atoms with Gasteiger partial charge >= 0.3 is 0 Å². The van der Waals surface area contributed by atoms with Crippen LogP contribution in [0.25, 0.3) is 0 Å². The van der Waals surface area contributed by atoms with Gasteiger partial charge in [0.05, 0.1) is 12.1 Å². The number of benzene rings is 1. The molecule has 0 radical (unpaired) electrons. The highest BCUT2D eigenvalue weighted by atomic mass is 19.1. The summed E-state index contributed by atoms with van der Waals surface area (Å²) in [7, 11) is 0. The topological polar surface area (TPSA) is 45.7 Å². The summed E-state index contributed by atoms with van der Waals surface area (Å²) in [6, 6.07) is 3.58. The predicted molar refractivity (Wildman–Crippen MR) is 87.6 cm³/mol. The van der Waals surface area contributed by atoms with Crippen LogP contribution in [0.15, 0.2) is 23.2 Å². The number of rotatable bonds is 6. The molecule has 0 spiro atoms. The molecule has 128 valence electrons. The summed E-state index contributed by atoms with van der Waals surface area (Å²) in [5.41, 5.74) is 0.436. The molecule has 1 heterocycles. The summed E-state index contributed by atoms with van der Waals surface area (Å²) in [6.07, 6.45) is 2.60. The normalized spacial score (nSPS) is 21.5. The van der Waals surface area contributed by atoms with Crippen molar-refractivity contribution in [2.24, 2.45) is 4.99 Å². The fourth-order valence-electron chi connectivity index (χ4n) is 2.63. The van der Waals surface area contributed by atoms with Crippen molar-refractivity contribution in [2.75, 3.05) is 26.2 Å². The van der Waals surface area contributed by atoms with Gasteiger partial charge in [0.1, 0.15) is 11.6 Å². The number of hydrogen-bond acceptors (Lipinski definition) is 2. The zero-order valence-corrected chi connectivity index (χ0v) is 13.8. The highest BCUT2D eigenvalue weighted by Gasteiger charge is 2.29. The fourth-order valence-corrected chi connectivity index (χ4v) is 2.63. The van der Waals surface area contributed by atoms with Crippen molar-refractivity contribution in [3.8, 4) is 0 Å². The molecule has 1 saturated heterocycles. The van der Waals surface area contributed by atoms with E-state index in [1.54, 1.807) is 0 Å². The average molecular weight is 325 g/mol. The number of ether oxygens (including phenoxy) is 1. The third kappa shape index (κ3) is 5.78. The van der Waals surface area contributed by atoms with Crippen LogP contribution in [0.2, 0.25) is 0 Å². The second kappa shape index (κ2) is 8.24. The van der Waals surface area contributed by atoms with Gasteiger partial charge in [0.25, 0.3) is 0 Å². The van der Waals surface area contributed by atoms with E-state index < -0.39 is 11.6 Å². The van der Waals surface area contributed by atoms with Crippen molar-refractivity contribution in [3.63, 3.8) is 0 Å². The molecular formula is C17H25F2N3O. The van der Waals surface area contributed by atoms with E-state index in [1.807, 2.05) is 6.92 Å². The first-order valence-electron chi connectivity index (χ1n) is 8.12. The SMILES string of the molecule is CCNC(=NCC1(C)CCCO1)NCCc1cc(F)cc(F)c1. The zero-order valence-electron chi connectivity index (χ0n) is 13.8. The minimum atomic E-state index is -0.549. The Balaban J connectivity index is 1.86. The summed E-state index contributed by atoms with van der Waals surface area (Å²) >= 11 is 0. The van der Waals surface area contributed by atoms with Crippen molar-refractivity contribution in [1.82, 2.24) is 10.6 Å². The van der Waals surface area contributed by atoms with E-state index in [0.717, 1.165) is 32.1 Å². The van der Waals surface area contributed by atoms with Crippen LogP contribution in [0.1, 0.15) is 32.3 Å². The van der Waals surface area contributed by atoms with Crippen LogP contribution < -0.4 is 10.6 Å². The van der Waals surface area contributed by atoms with E-state index in [0.29, 0.717) is 31.0 Å². The average Bonchev–Trinajstić information content (AvgIpc) is 2.91. The first-order valence-corrected chi connectivity index (χ1v) is 8.12. The molecule has 1 atom stereocenters. The van der Waals surface area contributed by atoms with E-state index in [-0.39, 0.29) is 5.60 Å². The van der Waals surface area contributed by atoms with Crippen LogP contribution >= 0.6 is 0 Å². The van der Waals surface area contributed by atoms with Gasteiger partial charge in [-0.05, 0) is 50.8 Å². The quantitative estimate of drug-likeness (QED) is 0.624. The molecule has 4 nitrogen and oxygen atoms in total. The summed E-state index contributed by atoms with van der Waals surface area (Å²) in [6.45, 7) is 6.75. The monoisotopic (exact) mass is 325 g/mol. The summed E-state index contributed by atoms with van der Waals surface area (Å²) < 4.78 is 32.0. The zero-order chi connectivity index (χ0) is 16.7. The second-order valence-corrected chi connectivity index (χ2v) is 6.05. The Bertz CT molecular complexity index is 522. The molecule has 1 unspecified atom stereocenters. The Morgan fingerprint density at radius 3 is 2.61 bits per heavy atom. The number of guanidine groups is 1. The summed E-state index contributed by atoms with van der Waals surface area (Å²) in [5, 5.41) is 6.36. The minimum absolute atomic E-state index is 0.186. The molecule has 6 heteroatoms. The van der Waals surface area contributed by atoms with Gasteiger partial charge in [-0.25, -0.2) is 8.78 Å². The first kappa shape index (κ1) is 17.7. The van der Waals surface area contributed by atoms with Crippen LogP contribution in [-0.2, 0) is 11.2 Å². The lowest BCUT2D eigenvalue weighted by Crippen LogP contribution is -2.40. The maximum absolute atomic E-state index is 13.2. The van der Waals surface area contributed by atoms with Crippen LogP contribution in [0.5, 0.6) is 0 Å². The van der Waals surface area contributed by atoms with E-state index >= 15 is 0 Å². The van der Waals surface area contributed by atoms with E-state index in [1.165, 1.54) is 12.1 Å². The number of halogens is 2. The molecule has 2 N–H and O–H groups in total. The summed E-state index contributed by atoms with van der Waals surface area (Å²) in [4.78, 5) is 4.55. The third-order valence-electron chi connectivity index (χ3n) is 3.84. The standard InChI is InChI=1S/C17H25F2N3O/c1-3-20-16(22-12-17(2)6-4-8-23-17)21-7-5-13-9-14(18)11-15(19)10-13/h9-11H,3-8,12H2,1-2H3,(H2,20,21,22). The molecule has 1 aliphatic rings. The molecule has 2 rings (SSSR count). The molecule has 0 aromatic heterocycles. The van der Waals surface area contributed by atoms with Crippen LogP contribution in [0.4, 0.5) is 8.78 Å². The van der Waals surface area contributed by atoms with E-state index in [4.69, 9.17) is 4.74 Å². The van der Waals surface area contributed by atoms with E-state index in [9.17, 15) is 8.78 Å². The maximum atomic E-state index is 13.2. The minimum Gasteiger partial charge on any atom is -0.373 e. The molecule has 1 aromatic carbocycles. The molecule has 0 saturated carbocycles. The molecular weight excluding hydrogens is 300 g/mol. The molecule has 1 aromatic rings. The molecule has 1 aliphatic heterocycles. The van der Waals surface area contributed by atoms with Crippen molar-refractivity contribution >= 4 is 5.96 Å². The molecule has 23 heavy (non-hydrogen) atoms. The van der Waals surface area contributed by atoms with Gasteiger partial charge in [-0.3, -0.25) is 4.99 Å². The number of nitrogens with one attached hydrogen (secondary N) is 2. The van der Waals surface area contributed by atoms with Crippen molar-refractivity contribution in [2.45, 2.75) is 38.7 Å². The lowest BCUT2D eigenvalue weighted by atomic mass is 10.0. The largest absolute Gasteiger partial charge is 0.373 e. The van der Waals surface area contributed by atoms with Crippen molar-refractivity contribution in [1.29, 1.82) is 0 Å². The Kier molecular flexibility index (Phi) is 6.33. The Morgan fingerprint density at radius 2 is 2.00 bits per heavy atom. The van der Waals surface area contributed by atoms with Gasteiger partial charge in [-0.2, -0.15) is 0 Å². The first-order chi connectivity index (χ1) is 11.0. The number of aliphatic imine (C=N–C) groups is 1.